The number of unbranched alkanes of at least 4 members (excludes halogenated alkanes) is 8. The van der Waals surface area contributed by atoms with Crippen LogP contribution < -0.4 is 22.9 Å². The average Bonchev–Trinajstić information content (AvgIpc) is 2.19. The number of rotatable bonds is 11. The lowest BCUT2D eigenvalue weighted by atomic mass is 10.1. The zero-order chi connectivity index (χ0) is 12.3. The van der Waals surface area contributed by atoms with E-state index in [-0.39, 0.29) is 0 Å². The number of hydrogen-bond donors (Lipinski definition) is 4. The highest BCUT2D eigenvalue weighted by atomic mass is 15.1. The van der Waals surface area contributed by atoms with E-state index in [2.05, 4.69) is 0 Å². The van der Waals surface area contributed by atoms with Crippen LogP contribution in [0.15, 0.2) is 0 Å². The van der Waals surface area contributed by atoms with Crippen LogP contribution >= 0.6 is 0 Å². The van der Waals surface area contributed by atoms with Crippen LogP contribution in [-0.2, 0) is 0 Å². The highest BCUT2D eigenvalue weighted by Crippen LogP contribution is 2.11. The summed E-state index contributed by atoms with van der Waals surface area (Å²) in [5, 5.41) is 0. The van der Waals surface area contributed by atoms with E-state index in [9.17, 15) is 0 Å². The molecule has 4 heteroatoms. The third kappa shape index (κ3) is 13.8. The largest absolute Gasteiger partial charge is 0.330 e. The van der Waals surface area contributed by atoms with Crippen molar-refractivity contribution in [1.29, 1.82) is 0 Å². The molecule has 16 heavy (non-hydrogen) atoms. The summed E-state index contributed by atoms with van der Waals surface area (Å²) in [6.45, 7) is 0.832. The van der Waals surface area contributed by atoms with Gasteiger partial charge in [0, 0.05) is 0 Å². The Labute approximate surface area is 100 Å². The molecule has 0 aliphatic heterocycles. The Morgan fingerprint density at radius 3 is 1.31 bits per heavy atom. The molecule has 0 aliphatic carbocycles. The highest BCUT2D eigenvalue weighted by molar-refractivity contribution is 4.66. The van der Waals surface area contributed by atoms with Crippen LogP contribution in [0.3, 0.4) is 0 Å². The van der Waals surface area contributed by atoms with Gasteiger partial charge < -0.3 is 22.9 Å². The van der Waals surface area contributed by atoms with Crippen molar-refractivity contribution in [2.75, 3.05) is 6.54 Å². The van der Waals surface area contributed by atoms with Crippen LogP contribution in [-0.4, -0.2) is 12.3 Å². The molecule has 0 unspecified atom stereocenters. The van der Waals surface area contributed by atoms with Gasteiger partial charge in [0.15, 0.2) is 0 Å². The molecule has 8 N–H and O–H groups in total. The maximum atomic E-state index is 5.49. The van der Waals surface area contributed by atoms with E-state index in [1.807, 2.05) is 0 Å². The van der Waals surface area contributed by atoms with Crippen molar-refractivity contribution in [3.05, 3.63) is 0 Å². The summed E-state index contributed by atoms with van der Waals surface area (Å²) < 4.78 is 0. The van der Waals surface area contributed by atoms with E-state index in [1.54, 1.807) is 0 Å². The molecular weight excluding hydrogens is 200 g/mol. The molecule has 4 nitrogen and oxygen atoms in total. The first-order valence-electron chi connectivity index (χ1n) is 6.63. The van der Waals surface area contributed by atoms with Crippen LogP contribution in [0, 0.1) is 0 Å². The van der Waals surface area contributed by atoms with Crippen molar-refractivity contribution in [2.24, 2.45) is 22.9 Å². The van der Waals surface area contributed by atoms with Gasteiger partial charge in [-0.05, 0) is 25.8 Å². The Kier molecular flexibility index (Phi) is 9.92. The van der Waals surface area contributed by atoms with E-state index in [0.29, 0.717) is 6.42 Å². The van der Waals surface area contributed by atoms with Crippen molar-refractivity contribution < 1.29 is 0 Å². The molecule has 0 saturated carbocycles. The van der Waals surface area contributed by atoms with Crippen LogP contribution in [0.2, 0.25) is 0 Å². The molecule has 0 heterocycles. The molecule has 98 valence electrons. The lowest BCUT2D eigenvalue weighted by molar-refractivity contribution is 0.399. The highest BCUT2D eigenvalue weighted by Gasteiger charge is 2.09. The maximum Gasteiger partial charge on any atom is 0.115 e. The van der Waals surface area contributed by atoms with Crippen molar-refractivity contribution in [2.45, 2.75) is 70.0 Å². The van der Waals surface area contributed by atoms with Gasteiger partial charge in [-0.15, -0.1) is 0 Å². The fraction of sp³-hybridized carbons (Fsp3) is 1.00. The molecule has 0 fully saturated rings. The Hall–Kier alpha value is -0.160. The lowest BCUT2D eigenvalue weighted by Crippen LogP contribution is -2.57. The summed E-state index contributed by atoms with van der Waals surface area (Å²) in [6, 6.07) is 0. The molecule has 0 saturated heterocycles. The normalized spacial score (nSPS) is 12.0. The van der Waals surface area contributed by atoms with E-state index in [0.717, 1.165) is 13.0 Å². The van der Waals surface area contributed by atoms with Crippen LogP contribution in [0.1, 0.15) is 64.2 Å². The van der Waals surface area contributed by atoms with Gasteiger partial charge in [-0.2, -0.15) is 0 Å². The molecular formula is C12H30N4. The van der Waals surface area contributed by atoms with Gasteiger partial charge >= 0.3 is 0 Å². The van der Waals surface area contributed by atoms with E-state index < -0.39 is 5.79 Å². The Balaban J connectivity index is 2.99. The smallest absolute Gasteiger partial charge is 0.115 e. The Morgan fingerprint density at radius 2 is 0.938 bits per heavy atom. The van der Waals surface area contributed by atoms with Gasteiger partial charge in [-0.25, -0.2) is 0 Å². The van der Waals surface area contributed by atoms with Crippen LogP contribution in [0.25, 0.3) is 0 Å². The van der Waals surface area contributed by atoms with E-state index in [1.165, 1.54) is 51.4 Å². The molecule has 0 aromatic carbocycles. The van der Waals surface area contributed by atoms with Crippen LogP contribution in [0.4, 0.5) is 0 Å². The molecule has 0 aliphatic rings. The second kappa shape index (κ2) is 10.0. The fourth-order valence-electron chi connectivity index (χ4n) is 1.81. The van der Waals surface area contributed by atoms with Gasteiger partial charge in [0.05, 0.1) is 0 Å². The van der Waals surface area contributed by atoms with Gasteiger partial charge in [0.25, 0.3) is 0 Å². The number of hydrogen-bond acceptors (Lipinski definition) is 4. The summed E-state index contributed by atoms with van der Waals surface area (Å²) in [5.74, 6) is -0.970. The van der Waals surface area contributed by atoms with Crippen LogP contribution in [0.5, 0.6) is 0 Å². The molecule has 0 atom stereocenters. The monoisotopic (exact) mass is 230 g/mol. The maximum absolute atomic E-state index is 5.49. The molecule has 0 bridgehead atoms. The first-order valence-corrected chi connectivity index (χ1v) is 6.63. The van der Waals surface area contributed by atoms with Gasteiger partial charge in [-0.1, -0.05) is 44.9 Å². The SMILES string of the molecule is NCCCCCCCCCCCC(N)(N)N. The van der Waals surface area contributed by atoms with Gasteiger partial charge in [0.2, 0.25) is 0 Å². The summed E-state index contributed by atoms with van der Waals surface area (Å²) in [4.78, 5) is 0. The predicted molar refractivity (Wildman–Crippen MR) is 70.5 cm³/mol. The quantitative estimate of drug-likeness (QED) is 0.318. The first-order chi connectivity index (χ1) is 7.56. The average molecular weight is 230 g/mol. The molecule has 0 rings (SSSR count). The summed E-state index contributed by atoms with van der Waals surface area (Å²) in [7, 11) is 0. The molecule has 0 amide bonds. The number of nitrogens with two attached hydrogens (primary N) is 4. The molecule has 0 aromatic heterocycles. The minimum absolute atomic E-state index is 0.712. The second-order valence-corrected chi connectivity index (χ2v) is 4.83. The third-order valence-electron chi connectivity index (χ3n) is 2.81. The summed E-state index contributed by atoms with van der Waals surface area (Å²) in [6.07, 6.45) is 12.0. The first kappa shape index (κ1) is 15.8. The second-order valence-electron chi connectivity index (χ2n) is 4.83. The minimum atomic E-state index is -0.970. The lowest BCUT2D eigenvalue weighted by Gasteiger charge is -2.17. The molecule has 0 aromatic rings. The molecule has 0 radical (unpaired) electrons. The third-order valence-corrected chi connectivity index (χ3v) is 2.81. The van der Waals surface area contributed by atoms with E-state index >= 15 is 0 Å². The van der Waals surface area contributed by atoms with Crippen molar-refractivity contribution in [3.63, 3.8) is 0 Å². The van der Waals surface area contributed by atoms with Gasteiger partial charge in [0.1, 0.15) is 5.79 Å². The fourth-order valence-corrected chi connectivity index (χ4v) is 1.81. The Bertz CT molecular complexity index is 142. The van der Waals surface area contributed by atoms with Gasteiger partial charge in [-0.3, -0.25) is 0 Å². The van der Waals surface area contributed by atoms with Crippen molar-refractivity contribution in [3.8, 4) is 0 Å². The van der Waals surface area contributed by atoms with Crippen molar-refractivity contribution in [1.82, 2.24) is 0 Å². The van der Waals surface area contributed by atoms with Crippen molar-refractivity contribution >= 4 is 0 Å². The van der Waals surface area contributed by atoms with E-state index in [4.69, 9.17) is 22.9 Å². The topological polar surface area (TPSA) is 104 Å². The zero-order valence-corrected chi connectivity index (χ0v) is 10.6. The zero-order valence-electron chi connectivity index (χ0n) is 10.6. The Morgan fingerprint density at radius 1 is 0.562 bits per heavy atom. The standard InChI is InChI=1S/C12H30N4/c13-11-9-7-5-3-1-2-4-6-8-10-12(14,15)16/h1-11,13-16H2. The summed E-state index contributed by atoms with van der Waals surface area (Å²) in [5.41, 5.74) is 21.9. The minimum Gasteiger partial charge on any atom is -0.330 e. The molecule has 0 spiro atoms. The summed E-state index contributed by atoms with van der Waals surface area (Å²) >= 11 is 0. The predicted octanol–water partition coefficient (Wildman–Crippen LogP) is 1.38.